The molecule has 2 aromatic rings. The number of aryl methyl sites for hydroxylation is 1. The predicted molar refractivity (Wildman–Crippen MR) is 144 cm³/mol. The number of aromatic nitrogens is 1. The number of carbonyl (C=O) groups excluding carboxylic acids is 1. The van der Waals surface area contributed by atoms with E-state index in [2.05, 4.69) is 44.9 Å². The first kappa shape index (κ1) is 26.6. The SMILES string of the molecule is Cc1oc(-c2c(Cl)cccc2Br)nc1CN1CCC(C(=O)NCCCN2C[C@H](C)C[C@H](C)C2)CC1. The van der Waals surface area contributed by atoms with Gasteiger partial charge in [-0.1, -0.05) is 31.5 Å². The highest BCUT2D eigenvalue weighted by Crippen LogP contribution is 2.35. The van der Waals surface area contributed by atoms with Crippen LogP contribution in [0, 0.1) is 24.7 Å². The van der Waals surface area contributed by atoms with Gasteiger partial charge in [0.2, 0.25) is 11.8 Å². The van der Waals surface area contributed by atoms with E-state index in [9.17, 15) is 4.79 Å². The lowest BCUT2D eigenvalue weighted by molar-refractivity contribution is -0.126. The van der Waals surface area contributed by atoms with E-state index in [0.717, 1.165) is 85.3 Å². The molecule has 1 N–H and O–H groups in total. The molecule has 1 amide bonds. The van der Waals surface area contributed by atoms with Gasteiger partial charge in [0.1, 0.15) is 5.76 Å². The number of rotatable bonds is 8. The number of hydrogen-bond acceptors (Lipinski definition) is 5. The van der Waals surface area contributed by atoms with Gasteiger partial charge in [-0.25, -0.2) is 4.98 Å². The molecule has 2 aliphatic heterocycles. The van der Waals surface area contributed by atoms with Crippen molar-refractivity contribution in [3.8, 4) is 11.5 Å². The summed E-state index contributed by atoms with van der Waals surface area (Å²) >= 11 is 9.93. The maximum absolute atomic E-state index is 12.7. The highest BCUT2D eigenvalue weighted by atomic mass is 79.9. The van der Waals surface area contributed by atoms with E-state index in [1.807, 2.05) is 25.1 Å². The van der Waals surface area contributed by atoms with Gasteiger partial charge in [-0.2, -0.15) is 0 Å². The Hall–Kier alpha value is -1.41. The smallest absolute Gasteiger partial charge is 0.229 e. The molecule has 35 heavy (non-hydrogen) atoms. The zero-order valence-corrected chi connectivity index (χ0v) is 23.5. The summed E-state index contributed by atoms with van der Waals surface area (Å²) in [6.45, 7) is 13.4. The molecule has 0 aliphatic carbocycles. The van der Waals surface area contributed by atoms with Crippen molar-refractivity contribution in [2.75, 3.05) is 39.3 Å². The zero-order valence-electron chi connectivity index (χ0n) is 21.2. The Labute approximate surface area is 222 Å². The van der Waals surface area contributed by atoms with Crippen molar-refractivity contribution in [3.05, 3.63) is 39.1 Å². The summed E-state index contributed by atoms with van der Waals surface area (Å²) in [5.41, 5.74) is 1.71. The molecule has 1 aromatic heterocycles. The van der Waals surface area contributed by atoms with Gasteiger partial charge in [0.15, 0.2) is 0 Å². The minimum absolute atomic E-state index is 0.106. The average molecular weight is 566 g/mol. The van der Waals surface area contributed by atoms with Gasteiger partial charge < -0.3 is 14.6 Å². The van der Waals surface area contributed by atoms with E-state index in [1.54, 1.807) is 0 Å². The van der Waals surface area contributed by atoms with E-state index >= 15 is 0 Å². The average Bonchev–Trinajstić information content (AvgIpc) is 3.16. The summed E-state index contributed by atoms with van der Waals surface area (Å²) in [5.74, 6) is 3.23. The third-order valence-corrected chi connectivity index (χ3v) is 8.27. The monoisotopic (exact) mass is 564 g/mol. The van der Waals surface area contributed by atoms with E-state index < -0.39 is 0 Å². The summed E-state index contributed by atoms with van der Waals surface area (Å²) < 4.78 is 6.82. The van der Waals surface area contributed by atoms with Crippen molar-refractivity contribution < 1.29 is 9.21 Å². The summed E-state index contributed by atoms with van der Waals surface area (Å²) in [4.78, 5) is 22.4. The van der Waals surface area contributed by atoms with E-state index in [4.69, 9.17) is 21.0 Å². The van der Waals surface area contributed by atoms with Crippen LogP contribution in [0.4, 0.5) is 0 Å². The number of oxazole rings is 1. The summed E-state index contributed by atoms with van der Waals surface area (Å²) in [5, 5.41) is 3.80. The molecule has 0 radical (unpaired) electrons. The number of benzene rings is 1. The van der Waals surface area contributed by atoms with Crippen LogP contribution in [-0.4, -0.2) is 60.0 Å². The van der Waals surface area contributed by atoms with Gasteiger partial charge in [0.05, 0.1) is 16.3 Å². The Kier molecular flexibility index (Phi) is 9.30. The molecular formula is C27H38BrClN4O2. The number of amides is 1. The largest absolute Gasteiger partial charge is 0.441 e. The van der Waals surface area contributed by atoms with Crippen LogP contribution in [-0.2, 0) is 11.3 Å². The standard InChI is InChI=1S/C27H38BrClN4O2/c1-18-14-19(2)16-33(15-18)11-5-10-30-26(34)21-8-12-32(13-9-21)17-24-20(3)35-27(31-24)25-22(28)6-4-7-23(25)29/h4,6-7,18-19,21H,5,8-17H2,1-3H3,(H,30,34)/t18-,19+. The van der Waals surface area contributed by atoms with Crippen LogP contribution in [0.25, 0.3) is 11.5 Å². The third-order valence-electron chi connectivity index (χ3n) is 7.30. The predicted octanol–water partition coefficient (Wildman–Crippen LogP) is 5.76. The van der Waals surface area contributed by atoms with E-state index in [-0.39, 0.29) is 11.8 Å². The van der Waals surface area contributed by atoms with Crippen LogP contribution in [0.1, 0.15) is 51.0 Å². The van der Waals surface area contributed by atoms with E-state index in [0.29, 0.717) is 10.9 Å². The molecule has 192 valence electrons. The van der Waals surface area contributed by atoms with Crippen molar-refractivity contribution in [2.45, 2.75) is 53.0 Å². The first-order chi connectivity index (χ1) is 16.8. The first-order valence-corrected chi connectivity index (χ1v) is 14.1. The highest BCUT2D eigenvalue weighted by Gasteiger charge is 2.27. The van der Waals surface area contributed by atoms with Gasteiger partial charge in [0.25, 0.3) is 0 Å². The molecule has 1 aromatic carbocycles. The second-order valence-electron chi connectivity index (χ2n) is 10.5. The lowest BCUT2D eigenvalue weighted by Crippen LogP contribution is -2.42. The van der Waals surface area contributed by atoms with Crippen LogP contribution in [0.15, 0.2) is 27.1 Å². The number of nitrogens with one attached hydrogen (secondary N) is 1. The number of likely N-dealkylation sites (tertiary alicyclic amines) is 2. The van der Waals surface area contributed by atoms with Crippen molar-refractivity contribution in [1.29, 1.82) is 0 Å². The fraction of sp³-hybridized carbons (Fsp3) is 0.630. The summed E-state index contributed by atoms with van der Waals surface area (Å²) in [6.07, 6.45) is 4.13. The molecule has 0 unspecified atom stereocenters. The number of halogens is 2. The molecule has 0 saturated carbocycles. The van der Waals surface area contributed by atoms with Gasteiger partial charge in [-0.15, -0.1) is 0 Å². The Morgan fingerprint density at radius 1 is 1.20 bits per heavy atom. The van der Waals surface area contributed by atoms with Crippen molar-refractivity contribution in [1.82, 2.24) is 20.1 Å². The first-order valence-electron chi connectivity index (χ1n) is 12.9. The van der Waals surface area contributed by atoms with Crippen molar-refractivity contribution >= 4 is 33.4 Å². The minimum atomic E-state index is 0.106. The number of hydrogen-bond donors (Lipinski definition) is 1. The maximum atomic E-state index is 12.7. The van der Waals surface area contributed by atoms with Crippen molar-refractivity contribution in [3.63, 3.8) is 0 Å². The summed E-state index contributed by atoms with van der Waals surface area (Å²) in [7, 11) is 0. The Morgan fingerprint density at radius 3 is 2.60 bits per heavy atom. The lowest BCUT2D eigenvalue weighted by Gasteiger charge is -2.35. The minimum Gasteiger partial charge on any atom is -0.441 e. The Bertz CT molecular complexity index is 975. The van der Waals surface area contributed by atoms with Crippen LogP contribution in [0.5, 0.6) is 0 Å². The number of nitrogens with zero attached hydrogens (tertiary/aromatic N) is 3. The zero-order chi connectivity index (χ0) is 24.9. The lowest BCUT2D eigenvalue weighted by atomic mass is 9.92. The van der Waals surface area contributed by atoms with Crippen LogP contribution < -0.4 is 5.32 Å². The summed E-state index contributed by atoms with van der Waals surface area (Å²) in [6, 6.07) is 5.67. The molecule has 2 aliphatic rings. The van der Waals surface area contributed by atoms with Crippen LogP contribution >= 0.6 is 27.5 Å². The molecule has 8 heteroatoms. The fourth-order valence-corrected chi connectivity index (χ4v) is 6.49. The molecule has 2 saturated heterocycles. The van der Waals surface area contributed by atoms with Crippen LogP contribution in [0.3, 0.4) is 0 Å². The highest BCUT2D eigenvalue weighted by molar-refractivity contribution is 9.10. The Morgan fingerprint density at radius 2 is 1.91 bits per heavy atom. The van der Waals surface area contributed by atoms with Gasteiger partial charge in [-0.05, 0) is 92.1 Å². The molecular weight excluding hydrogens is 528 g/mol. The molecule has 2 fully saturated rings. The maximum Gasteiger partial charge on any atom is 0.229 e. The van der Waals surface area contributed by atoms with E-state index in [1.165, 1.54) is 19.5 Å². The quantitative estimate of drug-likeness (QED) is 0.412. The Balaban J connectivity index is 1.20. The van der Waals surface area contributed by atoms with Gasteiger partial charge in [0, 0.05) is 36.6 Å². The molecule has 6 nitrogen and oxygen atoms in total. The molecule has 2 atom stereocenters. The number of carbonyl (C=O) groups is 1. The fourth-order valence-electron chi connectivity index (χ4n) is 5.58. The van der Waals surface area contributed by atoms with Crippen LogP contribution in [0.2, 0.25) is 5.02 Å². The van der Waals surface area contributed by atoms with Gasteiger partial charge >= 0.3 is 0 Å². The molecule has 0 spiro atoms. The number of piperidine rings is 2. The molecule has 4 rings (SSSR count). The third kappa shape index (κ3) is 7.09. The topological polar surface area (TPSA) is 61.6 Å². The normalized spacial score (nSPS) is 22.4. The second-order valence-corrected chi connectivity index (χ2v) is 11.8. The molecule has 0 bridgehead atoms. The molecule has 3 heterocycles. The van der Waals surface area contributed by atoms with Gasteiger partial charge in [-0.3, -0.25) is 9.69 Å². The van der Waals surface area contributed by atoms with Crippen molar-refractivity contribution in [2.24, 2.45) is 17.8 Å². The second kappa shape index (κ2) is 12.2.